The van der Waals surface area contributed by atoms with E-state index in [0.29, 0.717) is 6.04 Å². The van der Waals surface area contributed by atoms with E-state index in [2.05, 4.69) is 29.4 Å². The van der Waals surface area contributed by atoms with Crippen LogP contribution >= 0.6 is 23.4 Å². The Kier molecular flexibility index (Phi) is 4.53. The van der Waals surface area contributed by atoms with Crippen LogP contribution in [0.2, 0.25) is 5.02 Å². The van der Waals surface area contributed by atoms with Gasteiger partial charge in [-0.25, -0.2) is 0 Å². The van der Waals surface area contributed by atoms with Crippen molar-refractivity contribution in [3.05, 3.63) is 29.3 Å². The van der Waals surface area contributed by atoms with Crippen LogP contribution in [-0.4, -0.2) is 43.4 Å². The molecule has 88 valence electrons. The Bertz CT molecular complexity index is 328. The molecule has 16 heavy (non-hydrogen) atoms. The fourth-order valence-corrected chi connectivity index (χ4v) is 2.90. The number of likely N-dealkylation sites (N-methyl/N-ethyl adjacent to an activating group) is 1. The van der Waals surface area contributed by atoms with E-state index < -0.39 is 0 Å². The van der Waals surface area contributed by atoms with Gasteiger partial charge < -0.3 is 10.2 Å². The molecule has 0 radical (unpaired) electrons. The second-order valence-electron chi connectivity index (χ2n) is 4.18. The van der Waals surface area contributed by atoms with Gasteiger partial charge in [-0.05, 0) is 31.3 Å². The first-order valence-electron chi connectivity index (χ1n) is 5.54. The third-order valence-corrected chi connectivity index (χ3v) is 4.15. The van der Waals surface area contributed by atoms with Gasteiger partial charge in [0.2, 0.25) is 0 Å². The summed E-state index contributed by atoms with van der Waals surface area (Å²) in [6.45, 7) is 3.39. The monoisotopic (exact) mass is 256 g/mol. The zero-order chi connectivity index (χ0) is 11.4. The van der Waals surface area contributed by atoms with Crippen LogP contribution < -0.4 is 5.32 Å². The lowest BCUT2D eigenvalue weighted by molar-refractivity contribution is 0.250. The number of nitrogens with zero attached hydrogens (tertiary/aromatic N) is 1. The average molecular weight is 257 g/mol. The molecule has 1 aromatic carbocycles. The maximum Gasteiger partial charge on any atom is 0.0406 e. The van der Waals surface area contributed by atoms with Crippen LogP contribution in [0.15, 0.2) is 29.2 Å². The van der Waals surface area contributed by atoms with Crippen LogP contribution in [0.5, 0.6) is 0 Å². The van der Waals surface area contributed by atoms with E-state index in [-0.39, 0.29) is 0 Å². The van der Waals surface area contributed by atoms with E-state index in [1.165, 1.54) is 4.90 Å². The highest BCUT2D eigenvalue weighted by Gasteiger charge is 2.15. The molecule has 2 nitrogen and oxygen atoms in total. The van der Waals surface area contributed by atoms with Crippen molar-refractivity contribution in [2.45, 2.75) is 10.9 Å². The maximum atomic E-state index is 5.85. The number of halogens is 1. The molecule has 0 bridgehead atoms. The van der Waals surface area contributed by atoms with Crippen molar-refractivity contribution in [2.24, 2.45) is 0 Å². The first-order valence-corrected chi connectivity index (χ1v) is 6.91. The van der Waals surface area contributed by atoms with Crippen LogP contribution in [0.25, 0.3) is 0 Å². The number of thioether (sulfide) groups is 1. The van der Waals surface area contributed by atoms with E-state index in [4.69, 9.17) is 11.6 Å². The molecule has 1 aliphatic rings. The molecule has 2 rings (SSSR count). The lowest BCUT2D eigenvalue weighted by Gasteiger charge is -2.30. The number of nitrogens with one attached hydrogen (secondary N) is 1. The third kappa shape index (κ3) is 3.67. The van der Waals surface area contributed by atoms with Crippen molar-refractivity contribution in [3.8, 4) is 0 Å². The first-order chi connectivity index (χ1) is 7.74. The van der Waals surface area contributed by atoms with Gasteiger partial charge in [0.05, 0.1) is 0 Å². The van der Waals surface area contributed by atoms with E-state index in [1.807, 2.05) is 23.9 Å². The SMILES string of the molecule is CN1CCNC(CSc2ccc(Cl)cc2)C1. The molecular formula is C12H17ClN2S. The number of rotatable bonds is 3. The fourth-order valence-electron chi connectivity index (χ4n) is 1.83. The van der Waals surface area contributed by atoms with Gasteiger partial charge in [-0.1, -0.05) is 11.6 Å². The number of benzene rings is 1. The normalized spacial score (nSPS) is 22.2. The minimum Gasteiger partial charge on any atom is -0.311 e. The van der Waals surface area contributed by atoms with Crippen molar-refractivity contribution in [1.82, 2.24) is 10.2 Å². The van der Waals surface area contributed by atoms with Gasteiger partial charge in [0.1, 0.15) is 0 Å². The van der Waals surface area contributed by atoms with Gasteiger partial charge in [0.25, 0.3) is 0 Å². The number of hydrogen-bond donors (Lipinski definition) is 1. The first kappa shape index (κ1) is 12.2. The predicted molar refractivity (Wildman–Crippen MR) is 71.5 cm³/mol. The van der Waals surface area contributed by atoms with Crippen LogP contribution in [0.4, 0.5) is 0 Å². The van der Waals surface area contributed by atoms with Crippen molar-refractivity contribution >= 4 is 23.4 Å². The molecule has 0 spiro atoms. The lowest BCUT2D eigenvalue weighted by Crippen LogP contribution is -2.50. The van der Waals surface area contributed by atoms with Crippen LogP contribution in [0, 0.1) is 0 Å². The van der Waals surface area contributed by atoms with Gasteiger partial charge in [-0.15, -0.1) is 11.8 Å². The minimum absolute atomic E-state index is 0.597. The van der Waals surface area contributed by atoms with Gasteiger partial charge in [0, 0.05) is 41.3 Å². The van der Waals surface area contributed by atoms with Gasteiger partial charge >= 0.3 is 0 Å². The zero-order valence-electron chi connectivity index (χ0n) is 9.45. The summed E-state index contributed by atoms with van der Waals surface area (Å²) in [6, 6.07) is 8.66. The van der Waals surface area contributed by atoms with E-state index in [0.717, 1.165) is 30.4 Å². The van der Waals surface area contributed by atoms with Gasteiger partial charge in [0.15, 0.2) is 0 Å². The molecule has 0 saturated carbocycles. The van der Waals surface area contributed by atoms with E-state index in [1.54, 1.807) is 0 Å². The highest BCUT2D eigenvalue weighted by molar-refractivity contribution is 7.99. The second-order valence-corrected chi connectivity index (χ2v) is 5.71. The Labute approximate surface area is 106 Å². The summed E-state index contributed by atoms with van der Waals surface area (Å²) < 4.78 is 0. The topological polar surface area (TPSA) is 15.3 Å². The summed E-state index contributed by atoms with van der Waals surface area (Å²) in [5.74, 6) is 1.12. The molecule has 0 aromatic heterocycles. The number of hydrogen-bond acceptors (Lipinski definition) is 3. The molecule has 0 amide bonds. The Morgan fingerprint density at radius 2 is 2.19 bits per heavy atom. The molecule has 1 saturated heterocycles. The highest BCUT2D eigenvalue weighted by Crippen LogP contribution is 2.21. The van der Waals surface area contributed by atoms with Crippen molar-refractivity contribution in [3.63, 3.8) is 0 Å². The van der Waals surface area contributed by atoms with Gasteiger partial charge in [-0.3, -0.25) is 0 Å². The summed E-state index contributed by atoms with van der Waals surface area (Å²) in [4.78, 5) is 3.67. The van der Waals surface area contributed by atoms with Crippen molar-refractivity contribution < 1.29 is 0 Å². The molecule has 1 unspecified atom stereocenters. The third-order valence-electron chi connectivity index (χ3n) is 2.72. The fraction of sp³-hybridized carbons (Fsp3) is 0.500. The molecule has 1 aromatic rings. The van der Waals surface area contributed by atoms with Crippen molar-refractivity contribution in [2.75, 3.05) is 32.4 Å². The summed E-state index contributed by atoms with van der Waals surface area (Å²) in [5, 5.41) is 4.35. The quantitative estimate of drug-likeness (QED) is 0.836. The zero-order valence-corrected chi connectivity index (χ0v) is 11.0. The number of piperazine rings is 1. The van der Waals surface area contributed by atoms with E-state index in [9.17, 15) is 0 Å². The molecular weight excluding hydrogens is 240 g/mol. The second kappa shape index (κ2) is 5.92. The van der Waals surface area contributed by atoms with Crippen molar-refractivity contribution in [1.29, 1.82) is 0 Å². The summed E-state index contributed by atoms with van der Waals surface area (Å²) in [7, 11) is 2.18. The summed E-state index contributed by atoms with van der Waals surface area (Å²) >= 11 is 7.74. The minimum atomic E-state index is 0.597. The highest BCUT2D eigenvalue weighted by atomic mass is 35.5. The van der Waals surface area contributed by atoms with Gasteiger partial charge in [-0.2, -0.15) is 0 Å². The lowest BCUT2D eigenvalue weighted by atomic mass is 10.2. The molecule has 0 aliphatic carbocycles. The Hall–Kier alpha value is -0.220. The average Bonchev–Trinajstić information content (AvgIpc) is 2.28. The van der Waals surface area contributed by atoms with Crippen LogP contribution in [0.1, 0.15) is 0 Å². The smallest absolute Gasteiger partial charge is 0.0406 e. The summed E-state index contributed by atoms with van der Waals surface area (Å²) in [6.07, 6.45) is 0. The molecule has 1 heterocycles. The summed E-state index contributed by atoms with van der Waals surface area (Å²) in [5.41, 5.74) is 0. The maximum absolute atomic E-state index is 5.85. The predicted octanol–water partition coefficient (Wildman–Crippen LogP) is 2.34. The largest absolute Gasteiger partial charge is 0.311 e. The molecule has 1 N–H and O–H groups in total. The Balaban J connectivity index is 1.80. The Morgan fingerprint density at radius 1 is 1.44 bits per heavy atom. The molecule has 1 atom stereocenters. The van der Waals surface area contributed by atoms with E-state index >= 15 is 0 Å². The van der Waals surface area contributed by atoms with Crippen LogP contribution in [0.3, 0.4) is 0 Å². The molecule has 4 heteroatoms. The van der Waals surface area contributed by atoms with Crippen LogP contribution in [-0.2, 0) is 0 Å². The molecule has 1 aliphatic heterocycles. The Morgan fingerprint density at radius 3 is 2.88 bits per heavy atom. The molecule has 1 fully saturated rings. The standard InChI is InChI=1S/C12H17ClN2S/c1-15-7-6-14-11(8-15)9-16-12-4-2-10(13)3-5-12/h2-5,11,14H,6-9H2,1H3.